The van der Waals surface area contributed by atoms with E-state index in [-0.39, 0.29) is 11.3 Å². The second kappa shape index (κ2) is 5.33. The van der Waals surface area contributed by atoms with Crippen LogP contribution in [0.5, 0.6) is 0 Å². The van der Waals surface area contributed by atoms with Gasteiger partial charge >= 0.3 is 0 Å². The molecule has 1 aromatic rings. The Morgan fingerprint density at radius 1 is 1.37 bits per heavy atom. The number of hydrogen-bond acceptors (Lipinski definition) is 2. The van der Waals surface area contributed by atoms with Gasteiger partial charge < -0.3 is 10.6 Å². The average molecular weight is 260 g/mol. The van der Waals surface area contributed by atoms with Gasteiger partial charge in [0.1, 0.15) is 0 Å². The van der Waals surface area contributed by atoms with Crippen LogP contribution in [0, 0.1) is 11.3 Å². The lowest BCUT2D eigenvalue weighted by atomic mass is 9.91. The summed E-state index contributed by atoms with van der Waals surface area (Å²) in [5, 5.41) is 6.31. The Bertz CT molecular complexity index is 468. The summed E-state index contributed by atoms with van der Waals surface area (Å²) in [6.45, 7) is 6.91. The van der Waals surface area contributed by atoms with Gasteiger partial charge in [-0.25, -0.2) is 0 Å². The Hall–Kier alpha value is -1.35. The van der Waals surface area contributed by atoms with E-state index in [1.54, 1.807) is 7.05 Å². The quantitative estimate of drug-likeness (QED) is 0.872. The molecule has 0 bridgehead atoms. The molecule has 1 aliphatic rings. The van der Waals surface area contributed by atoms with E-state index >= 15 is 0 Å². The molecular formula is C16H24N2O. The fraction of sp³-hybridized carbons (Fsp3) is 0.562. The number of carbonyl (C=O) groups excluding carboxylic acids is 1. The molecule has 2 atom stereocenters. The van der Waals surface area contributed by atoms with Gasteiger partial charge in [0.15, 0.2) is 0 Å². The van der Waals surface area contributed by atoms with E-state index in [2.05, 4.69) is 41.8 Å². The molecule has 3 nitrogen and oxygen atoms in total. The first-order chi connectivity index (χ1) is 8.95. The summed E-state index contributed by atoms with van der Waals surface area (Å²) in [6.07, 6.45) is 1.12. The standard InChI is InChI=1S/C16H24N2O/c1-11-9-12-7-5-6-8-13(12)14(11)18-10-16(2,3)15(19)17-4/h5-8,11,14,18H,9-10H2,1-4H3,(H,17,19)/t11-,14-/m1/s1. The van der Waals surface area contributed by atoms with Crippen molar-refractivity contribution >= 4 is 5.91 Å². The van der Waals surface area contributed by atoms with Crippen LogP contribution in [-0.4, -0.2) is 19.5 Å². The number of carbonyl (C=O) groups is 1. The van der Waals surface area contributed by atoms with Crippen LogP contribution in [0.1, 0.15) is 37.9 Å². The first-order valence-electron chi connectivity index (χ1n) is 6.99. The van der Waals surface area contributed by atoms with Crippen LogP contribution < -0.4 is 10.6 Å². The van der Waals surface area contributed by atoms with E-state index in [1.807, 2.05) is 13.8 Å². The maximum Gasteiger partial charge on any atom is 0.226 e. The first kappa shape index (κ1) is 14.1. The number of hydrogen-bond donors (Lipinski definition) is 2. The zero-order chi connectivity index (χ0) is 14.0. The third-order valence-corrected chi connectivity index (χ3v) is 4.11. The minimum absolute atomic E-state index is 0.0823. The lowest BCUT2D eigenvalue weighted by Gasteiger charge is -2.27. The fourth-order valence-electron chi connectivity index (χ4n) is 2.89. The predicted molar refractivity (Wildman–Crippen MR) is 77.9 cm³/mol. The summed E-state index contributed by atoms with van der Waals surface area (Å²) in [4.78, 5) is 11.8. The van der Waals surface area contributed by atoms with E-state index in [0.717, 1.165) is 6.42 Å². The molecular weight excluding hydrogens is 236 g/mol. The molecule has 0 aromatic heterocycles. The summed E-state index contributed by atoms with van der Waals surface area (Å²) in [6, 6.07) is 8.96. The maximum absolute atomic E-state index is 11.8. The highest BCUT2D eigenvalue weighted by molar-refractivity contribution is 5.81. The van der Waals surface area contributed by atoms with E-state index < -0.39 is 0 Å². The largest absolute Gasteiger partial charge is 0.359 e. The summed E-state index contributed by atoms with van der Waals surface area (Å²) < 4.78 is 0. The maximum atomic E-state index is 11.8. The molecule has 2 rings (SSSR count). The van der Waals surface area contributed by atoms with Crippen LogP contribution in [0.4, 0.5) is 0 Å². The molecule has 0 unspecified atom stereocenters. The van der Waals surface area contributed by atoms with Gasteiger partial charge in [-0.15, -0.1) is 0 Å². The van der Waals surface area contributed by atoms with Gasteiger partial charge in [0, 0.05) is 19.6 Å². The molecule has 0 heterocycles. The van der Waals surface area contributed by atoms with Crippen LogP contribution in [0.25, 0.3) is 0 Å². The van der Waals surface area contributed by atoms with Gasteiger partial charge in [-0.1, -0.05) is 31.2 Å². The van der Waals surface area contributed by atoms with Gasteiger partial charge in [-0.05, 0) is 37.3 Å². The first-order valence-corrected chi connectivity index (χ1v) is 6.99. The molecule has 0 saturated carbocycles. The highest BCUT2D eigenvalue weighted by atomic mass is 16.2. The van der Waals surface area contributed by atoms with E-state index in [4.69, 9.17) is 0 Å². The zero-order valence-corrected chi connectivity index (χ0v) is 12.3. The Labute approximate surface area is 115 Å². The minimum Gasteiger partial charge on any atom is -0.359 e. The second-order valence-corrected chi connectivity index (χ2v) is 6.20. The number of rotatable bonds is 4. The van der Waals surface area contributed by atoms with Crippen molar-refractivity contribution in [3.63, 3.8) is 0 Å². The van der Waals surface area contributed by atoms with Gasteiger partial charge in [0.05, 0.1) is 5.41 Å². The molecule has 3 heteroatoms. The Balaban J connectivity index is 2.06. The molecule has 0 aliphatic heterocycles. The molecule has 19 heavy (non-hydrogen) atoms. The molecule has 1 aliphatic carbocycles. The Kier molecular flexibility index (Phi) is 3.95. The molecule has 0 fully saturated rings. The van der Waals surface area contributed by atoms with E-state index in [0.29, 0.717) is 18.5 Å². The molecule has 0 spiro atoms. The third kappa shape index (κ3) is 2.81. The van der Waals surface area contributed by atoms with E-state index in [9.17, 15) is 4.79 Å². The summed E-state index contributed by atoms with van der Waals surface area (Å²) in [5.74, 6) is 0.664. The SMILES string of the molecule is CNC(=O)C(C)(C)CN[C@H]1c2ccccc2C[C@H]1C. The molecule has 2 N–H and O–H groups in total. The van der Waals surface area contributed by atoms with Crippen molar-refractivity contribution < 1.29 is 4.79 Å². The van der Waals surface area contributed by atoms with Crippen LogP contribution in [0.3, 0.4) is 0 Å². The Morgan fingerprint density at radius 2 is 2.05 bits per heavy atom. The van der Waals surface area contributed by atoms with Crippen molar-refractivity contribution in [1.82, 2.24) is 10.6 Å². The van der Waals surface area contributed by atoms with Crippen molar-refractivity contribution in [3.05, 3.63) is 35.4 Å². The summed E-state index contributed by atoms with van der Waals surface area (Å²) in [5.41, 5.74) is 2.44. The van der Waals surface area contributed by atoms with Crippen LogP contribution in [0.15, 0.2) is 24.3 Å². The van der Waals surface area contributed by atoms with Crippen molar-refractivity contribution in [2.45, 2.75) is 33.2 Å². The minimum atomic E-state index is -0.383. The van der Waals surface area contributed by atoms with Gasteiger partial charge in [-0.2, -0.15) is 0 Å². The number of fused-ring (bicyclic) bond motifs is 1. The summed E-state index contributed by atoms with van der Waals surface area (Å²) in [7, 11) is 1.69. The van der Waals surface area contributed by atoms with Gasteiger partial charge in [0.2, 0.25) is 5.91 Å². The topological polar surface area (TPSA) is 41.1 Å². The smallest absolute Gasteiger partial charge is 0.226 e. The molecule has 1 aromatic carbocycles. The third-order valence-electron chi connectivity index (χ3n) is 4.11. The predicted octanol–water partition coefficient (Wildman–Crippen LogP) is 2.28. The van der Waals surface area contributed by atoms with Crippen LogP contribution >= 0.6 is 0 Å². The van der Waals surface area contributed by atoms with Gasteiger partial charge in [-0.3, -0.25) is 4.79 Å². The van der Waals surface area contributed by atoms with E-state index in [1.165, 1.54) is 11.1 Å². The fourth-order valence-corrected chi connectivity index (χ4v) is 2.89. The molecule has 1 amide bonds. The van der Waals surface area contributed by atoms with Gasteiger partial charge in [0.25, 0.3) is 0 Å². The number of amides is 1. The molecule has 104 valence electrons. The highest BCUT2D eigenvalue weighted by Gasteiger charge is 2.32. The Morgan fingerprint density at radius 3 is 2.74 bits per heavy atom. The van der Waals surface area contributed by atoms with Crippen molar-refractivity contribution in [2.24, 2.45) is 11.3 Å². The molecule has 0 radical (unpaired) electrons. The van der Waals surface area contributed by atoms with Crippen molar-refractivity contribution in [2.75, 3.05) is 13.6 Å². The van der Waals surface area contributed by atoms with Crippen LogP contribution in [0.2, 0.25) is 0 Å². The monoisotopic (exact) mass is 260 g/mol. The number of benzene rings is 1. The summed E-state index contributed by atoms with van der Waals surface area (Å²) >= 11 is 0. The highest BCUT2D eigenvalue weighted by Crippen LogP contribution is 2.36. The van der Waals surface area contributed by atoms with Crippen molar-refractivity contribution in [1.29, 1.82) is 0 Å². The normalized spacial score (nSPS) is 22.1. The van der Waals surface area contributed by atoms with Crippen LogP contribution in [-0.2, 0) is 11.2 Å². The zero-order valence-electron chi connectivity index (χ0n) is 12.3. The van der Waals surface area contributed by atoms with Crippen molar-refractivity contribution in [3.8, 4) is 0 Å². The number of nitrogens with one attached hydrogen (secondary N) is 2. The second-order valence-electron chi connectivity index (χ2n) is 6.20. The lowest BCUT2D eigenvalue weighted by molar-refractivity contribution is -0.128. The average Bonchev–Trinajstić information content (AvgIpc) is 2.71. The molecule has 0 saturated heterocycles. The lowest BCUT2D eigenvalue weighted by Crippen LogP contribution is -2.43.